The Kier molecular flexibility index (Phi) is 6.07. The minimum atomic E-state index is -5.04. The highest BCUT2D eigenvalue weighted by Gasteiger charge is 2.45. The van der Waals surface area contributed by atoms with Crippen LogP contribution in [0.2, 0.25) is 0 Å². The first kappa shape index (κ1) is 20.8. The van der Waals surface area contributed by atoms with Gasteiger partial charge in [0.2, 0.25) is 4.97 Å². The molecular formula is C10H10Cl2F3N2O6PS. The van der Waals surface area contributed by atoms with Crippen molar-refractivity contribution in [3.8, 4) is 0 Å². The molecule has 142 valence electrons. The molecule has 0 bridgehead atoms. The summed E-state index contributed by atoms with van der Waals surface area (Å²) in [6.45, 7) is -0.469. The van der Waals surface area contributed by atoms with Crippen LogP contribution in [0.4, 0.5) is 13.2 Å². The van der Waals surface area contributed by atoms with Crippen LogP contribution in [0.25, 0.3) is 0 Å². The van der Waals surface area contributed by atoms with Gasteiger partial charge < -0.3 is 19.5 Å². The van der Waals surface area contributed by atoms with Gasteiger partial charge in [0.25, 0.3) is 5.56 Å². The van der Waals surface area contributed by atoms with E-state index in [2.05, 4.69) is 11.8 Å². The van der Waals surface area contributed by atoms with E-state index in [4.69, 9.17) is 31.7 Å². The second kappa shape index (κ2) is 7.28. The van der Waals surface area contributed by atoms with Crippen molar-refractivity contribution in [2.75, 3.05) is 6.61 Å². The molecule has 25 heavy (non-hydrogen) atoms. The molecule has 0 radical (unpaired) electrons. The van der Waals surface area contributed by atoms with Gasteiger partial charge in [-0.1, -0.05) is 0 Å². The first-order valence-electron chi connectivity index (χ1n) is 6.39. The summed E-state index contributed by atoms with van der Waals surface area (Å²) in [6, 6.07) is 0. The van der Waals surface area contributed by atoms with E-state index in [-0.39, 0.29) is 6.20 Å². The molecular weight excluding hydrogens is 435 g/mol. The fraction of sp³-hybridized carbons (Fsp3) is 0.600. The summed E-state index contributed by atoms with van der Waals surface area (Å²) in [4.78, 5) is 21.4. The van der Waals surface area contributed by atoms with Crippen molar-refractivity contribution < 1.29 is 32.6 Å². The number of hydrogen-bond donors (Lipinski definition) is 3. The Morgan fingerprint density at radius 1 is 1.36 bits per heavy atom. The molecule has 0 aromatic carbocycles. The van der Waals surface area contributed by atoms with E-state index in [1.807, 2.05) is 0 Å². The number of aromatic nitrogens is 2. The molecule has 0 aliphatic carbocycles. The quantitative estimate of drug-likeness (QED) is 0.591. The summed E-state index contributed by atoms with van der Waals surface area (Å²) in [7, 11) is 0. The van der Waals surface area contributed by atoms with Crippen LogP contribution in [-0.4, -0.2) is 44.7 Å². The van der Waals surface area contributed by atoms with Crippen LogP contribution < -0.4 is 11.2 Å². The van der Waals surface area contributed by atoms with Gasteiger partial charge in [0, 0.05) is 6.20 Å². The smallest absolute Gasteiger partial charge is 0.387 e. The summed E-state index contributed by atoms with van der Waals surface area (Å²) in [5.74, 6) is 0. The van der Waals surface area contributed by atoms with E-state index >= 15 is 0 Å². The van der Waals surface area contributed by atoms with Crippen LogP contribution in [0.1, 0.15) is 11.8 Å². The number of ether oxygens (including phenoxy) is 1. The van der Waals surface area contributed by atoms with Crippen molar-refractivity contribution in [2.45, 2.75) is 30.7 Å². The van der Waals surface area contributed by atoms with Gasteiger partial charge in [-0.2, -0.15) is 13.2 Å². The van der Waals surface area contributed by atoms with E-state index in [1.54, 1.807) is 0 Å². The highest BCUT2D eigenvalue weighted by molar-refractivity contribution is 8.36. The summed E-state index contributed by atoms with van der Waals surface area (Å²) in [5.41, 5.74) is -4.59. The fourth-order valence-electron chi connectivity index (χ4n) is 2.13. The largest absolute Gasteiger partial charge is 0.423 e. The third-order valence-corrected chi connectivity index (χ3v) is 4.63. The standard InChI is InChI=1S/C10H10Cl2F3N2O6PS/c11-24(12,25)22-2-4-5(18)6(19)8(23-4)17-1-3(10(13,14)15)7(20)16-9(17)21/h1,4-6,8,18-19H,2H2,(H,16,20,21)/t4-,5?,6+,8-/m1/s1. The number of hydrogen-bond acceptors (Lipinski definition) is 7. The molecule has 1 aromatic rings. The van der Waals surface area contributed by atoms with E-state index in [9.17, 15) is 33.0 Å². The SMILES string of the molecule is O=c1[nH]c(=O)n([C@@H]2O[C@H](COP(=S)(Cl)Cl)C(O)[C@@H]2O)cc1C(F)(F)F. The Bertz CT molecular complexity index is 811. The van der Waals surface area contributed by atoms with Crippen LogP contribution in [0.3, 0.4) is 0 Å². The van der Waals surface area contributed by atoms with Crippen molar-refractivity contribution in [2.24, 2.45) is 0 Å². The number of rotatable bonds is 4. The normalized spacial score (nSPS) is 27.6. The van der Waals surface area contributed by atoms with Gasteiger partial charge in [0.05, 0.1) is 6.61 Å². The zero-order chi connectivity index (χ0) is 19.2. The van der Waals surface area contributed by atoms with E-state index < -0.39 is 59.1 Å². The zero-order valence-electron chi connectivity index (χ0n) is 11.8. The number of aliphatic hydroxyl groups is 2. The molecule has 0 amide bonds. The predicted octanol–water partition coefficient (Wildman–Crippen LogP) is 0.893. The molecule has 15 heteroatoms. The maximum Gasteiger partial charge on any atom is 0.423 e. The first-order chi connectivity index (χ1) is 11.3. The number of halogens is 5. The van der Waals surface area contributed by atoms with Crippen LogP contribution in [-0.2, 0) is 27.2 Å². The maximum absolute atomic E-state index is 12.8. The van der Waals surface area contributed by atoms with E-state index in [0.29, 0.717) is 4.57 Å². The molecule has 0 saturated carbocycles. The minimum absolute atomic E-state index is 0.193. The lowest BCUT2D eigenvalue weighted by Crippen LogP contribution is -2.40. The van der Waals surface area contributed by atoms with Crippen molar-refractivity contribution in [3.05, 3.63) is 32.6 Å². The summed E-state index contributed by atoms with van der Waals surface area (Å²) in [5, 5.41) is 19.8. The number of alkyl halides is 3. The van der Waals surface area contributed by atoms with Gasteiger partial charge >= 0.3 is 11.9 Å². The van der Waals surface area contributed by atoms with E-state index in [1.165, 1.54) is 4.98 Å². The highest BCUT2D eigenvalue weighted by Crippen LogP contribution is 2.58. The van der Waals surface area contributed by atoms with Crippen molar-refractivity contribution in [1.82, 2.24) is 9.55 Å². The Hall–Kier alpha value is -0.460. The minimum Gasteiger partial charge on any atom is -0.387 e. The topological polar surface area (TPSA) is 114 Å². The Morgan fingerprint density at radius 2 is 1.96 bits per heavy atom. The summed E-state index contributed by atoms with van der Waals surface area (Å²) in [6.07, 6.45) is -11.3. The maximum atomic E-state index is 12.8. The molecule has 3 N–H and O–H groups in total. The van der Waals surface area contributed by atoms with Gasteiger partial charge in [-0.05, 0) is 34.3 Å². The molecule has 2 rings (SSSR count). The lowest BCUT2D eigenvalue weighted by Gasteiger charge is -2.18. The Balaban J connectivity index is 2.34. The van der Waals surface area contributed by atoms with Crippen LogP contribution in [0.15, 0.2) is 15.8 Å². The summed E-state index contributed by atoms with van der Waals surface area (Å²) < 4.78 is 48.8. The molecule has 1 saturated heterocycles. The third-order valence-electron chi connectivity index (χ3n) is 3.27. The fourth-order valence-corrected chi connectivity index (χ4v) is 2.97. The second-order valence-corrected chi connectivity index (χ2v) is 12.2. The molecule has 1 aromatic heterocycles. The second-order valence-electron chi connectivity index (χ2n) is 4.96. The van der Waals surface area contributed by atoms with Crippen LogP contribution >= 0.6 is 27.5 Å². The van der Waals surface area contributed by atoms with E-state index in [0.717, 1.165) is 0 Å². The molecule has 2 heterocycles. The molecule has 1 unspecified atom stereocenters. The predicted molar refractivity (Wildman–Crippen MR) is 84.2 cm³/mol. The molecule has 1 aliphatic rings. The number of nitrogens with one attached hydrogen (secondary N) is 1. The van der Waals surface area contributed by atoms with Gasteiger partial charge in [0.1, 0.15) is 23.9 Å². The van der Waals surface area contributed by atoms with Crippen molar-refractivity contribution in [1.29, 1.82) is 0 Å². The third kappa shape index (κ3) is 4.83. The number of H-pyrrole nitrogens is 1. The number of nitrogens with zero attached hydrogens (tertiary/aromatic N) is 1. The first-order valence-corrected chi connectivity index (χ1v) is 10.9. The molecule has 0 spiro atoms. The molecule has 8 nitrogen and oxygen atoms in total. The Labute approximate surface area is 151 Å². The number of aliphatic hydroxyl groups excluding tert-OH is 2. The van der Waals surface area contributed by atoms with Crippen LogP contribution in [0.5, 0.6) is 0 Å². The van der Waals surface area contributed by atoms with Crippen molar-refractivity contribution >= 4 is 39.3 Å². The lowest BCUT2D eigenvalue weighted by molar-refractivity contribution is -0.140. The van der Waals surface area contributed by atoms with Gasteiger partial charge in [-0.3, -0.25) is 14.3 Å². The number of aromatic amines is 1. The van der Waals surface area contributed by atoms with Crippen molar-refractivity contribution in [3.63, 3.8) is 0 Å². The molecule has 1 aliphatic heterocycles. The lowest BCUT2D eigenvalue weighted by atomic mass is 10.1. The molecule has 4 atom stereocenters. The molecule has 1 fully saturated rings. The van der Waals surface area contributed by atoms with Crippen LogP contribution in [0, 0.1) is 0 Å². The average Bonchev–Trinajstić information content (AvgIpc) is 2.71. The van der Waals surface area contributed by atoms with Gasteiger partial charge in [0.15, 0.2) is 6.23 Å². The summed E-state index contributed by atoms with van der Waals surface area (Å²) >= 11 is 15.6. The average molecular weight is 445 g/mol. The zero-order valence-corrected chi connectivity index (χ0v) is 15.0. The Morgan fingerprint density at radius 3 is 2.48 bits per heavy atom. The monoisotopic (exact) mass is 444 g/mol. The highest BCUT2D eigenvalue weighted by atomic mass is 35.9. The van der Waals surface area contributed by atoms with Gasteiger partial charge in [-0.15, -0.1) is 0 Å². The van der Waals surface area contributed by atoms with Gasteiger partial charge in [-0.25, -0.2) is 4.79 Å².